The summed E-state index contributed by atoms with van der Waals surface area (Å²) < 4.78 is 0. The number of hydrogen-bond donors (Lipinski definition) is 1. The molecule has 0 saturated heterocycles. The van der Waals surface area contributed by atoms with Crippen molar-refractivity contribution in [1.82, 2.24) is 9.97 Å². The highest BCUT2D eigenvalue weighted by atomic mass is 16.3. The Morgan fingerprint density at radius 2 is 2.06 bits per heavy atom. The molecule has 0 saturated carbocycles. The third kappa shape index (κ3) is 2.91. The number of aryl methyl sites for hydroxylation is 2. The van der Waals surface area contributed by atoms with E-state index < -0.39 is 0 Å². The van der Waals surface area contributed by atoms with Gasteiger partial charge in [-0.25, -0.2) is 9.97 Å². The number of aromatic nitrogens is 2. The van der Waals surface area contributed by atoms with Gasteiger partial charge in [-0.05, 0) is 26.0 Å². The predicted molar refractivity (Wildman–Crippen MR) is 68.4 cm³/mol. The van der Waals surface area contributed by atoms with Crippen LogP contribution in [0.4, 0.5) is 0 Å². The molecular formula is C14H14N2O. The van der Waals surface area contributed by atoms with Gasteiger partial charge in [-0.1, -0.05) is 23.8 Å². The van der Waals surface area contributed by atoms with E-state index in [-0.39, 0.29) is 5.76 Å². The second-order valence-electron chi connectivity index (χ2n) is 3.93. The van der Waals surface area contributed by atoms with Crippen LogP contribution in [0.3, 0.4) is 0 Å². The van der Waals surface area contributed by atoms with Crippen LogP contribution in [0.2, 0.25) is 0 Å². The summed E-state index contributed by atoms with van der Waals surface area (Å²) in [6.45, 7) is 3.81. The van der Waals surface area contributed by atoms with Crippen LogP contribution in [-0.2, 0) is 0 Å². The molecule has 0 spiro atoms. The summed E-state index contributed by atoms with van der Waals surface area (Å²) in [7, 11) is 0. The van der Waals surface area contributed by atoms with Crippen LogP contribution in [0.15, 0.2) is 36.5 Å². The maximum absolute atomic E-state index is 9.99. The smallest absolute Gasteiger partial charge is 0.125 e. The molecule has 2 rings (SSSR count). The molecule has 0 fully saturated rings. The first-order valence-electron chi connectivity index (χ1n) is 5.42. The van der Waals surface area contributed by atoms with Crippen LogP contribution >= 0.6 is 0 Å². The van der Waals surface area contributed by atoms with E-state index in [0.717, 1.165) is 11.1 Å². The minimum atomic E-state index is 0.215. The number of aliphatic hydroxyl groups excluding tert-OH is 1. The van der Waals surface area contributed by atoms with Gasteiger partial charge in [-0.3, -0.25) is 0 Å². The zero-order chi connectivity index (χ0) is 12.3. The molecule has 0 aliphatic carbocycles. The van der Waals surface area contributed by atoms with Crippen molar-refractivity contribution in [2.24, 2.45) is 0 Å². The van der Waals surface area contributed by atoms with Gasteiger partial charge in [0.05, 0.1) is 5.69 Å². The fourth-order valence-corrected chi connectivity index (χ4v) is 1.58. The van der Waals surface area contributed by atoms with Gasteiger partial charge in [0.15, 0.2) is 0 Å². The topological polar surface area (TPSA) is 46.0 Å². The summed E-state index contributed by atoms with van der Waals surface area (Å²) >= 11 is 0. The molecule has 0 bridgehead atoms. The maximum atomic E-state index is 9.99. The molecule has 2 aromatic rings. The number of benzene rings is 1. The van der Waals surface area contributed by atoms with E-state index in [0.29, 0.717) is 11.5 Å². The molecule has 0 unspecified atom stereocenters. The average molecular weight is 226 g/mol. The Labute approximate surface area is 100 Å². The van der Waals surface area contributed by atoms with Crippen molar-refractivity contribution in [3.63, 3.8) is 0 Å². The lowest BCUT2D eigenvalue weighted by Crippen LogP contribution is -1.90. The van der Waals surface area contributed by atoms with Crippen molar-refractivity contribution >= 4 is 11.8 Å². The second kappa shape index (κ2) is 4.78. The molecule has 17 heavy (non-hydrogen) atoms. The van der Waals surface area contributed by atoms with Gasteiger partial charge in [0.2, 0.25) is 0 Å². The third-order valence-electron chi connectivity index (χ3n) is 2.40. The summed E-state index contributed by atoms with van der Waals surface area (Å²) in [5, 5.41) is 9.99. The fraction of sp³-hybridized carbons (Fsp3) is 0.143. The highest BCUT2D eigenvalue weighted by molar-refractivity contribution is 5.75. The molecule has 1 N–H and O–H groups in total. The average Bonchev–Trinajstić information content (AvgIpc) is 2.29. The zero-order valence-corrected chi connectivity index (χ0v) is 9.88. The van der Waals surface area contributed by atoms with Crippen molar-refractivity contribution in [3.05, 3.63) is 59.2 Å². The van der Waals surface area contributed by atoms with Gasteiger partial charge in [-0.2, -0.15) is 0 Å². The molecule has 1 heterocycles. The molecule has 0 amide bonds. The highest BCUT2D eigenvalue weighted by Gasteiger charge is 2.00. The molecular weight excluding hydrogens is 212 g/mol. The summed E-state index contributed by atoms with van der Waals surface area (Å²) in [5.74, 6) is 0.905. The number of nitrogens with zero attached hydrogens (tertiary/aromatic N) is 2. The van der Waals surface area contributed by atoms with E-state index in [1.165, 1.54) is 0 Å². The second-order valence-corrected chi connectivity index (χ2v) is 3.93. The Hall–Kier alpha value is -2.16. The van der Waals surface area contributed by atoms with Crippen LogP contribution in [0.5, 0.6) is 0 Å². The minimum Gasteiger partial charge on any atom is -0.507 e. The first-order valence-corrected chi connectivity index (χ1v) is 5.42. The van der Waals surface area contributed by atoms with Crippen LogP contribution in [-0.4, -0.2) is 15.1 Å². The highest BCUT2D eigenvalue weighted by Crippen LogP contribution is 2.15. The molecule has 0 radical (unpaired) electrons. The van der Waals surface area contributed by atoms with Crippen molar-refractivity contribution in [1.29, 1.82) is 0 Å². The van der Waals surface area contributed by atoms with E-state index in [2.05, 4.69) is 9.97 Å². The number of rotatable bonds is 2. The maximum Gasteiger partial charge on any atom is 0.125 e. The summed E-state index contributed by atoms with van der Waals surface area (Å²) in [5.41, 5.74) is 2.61. The van der Waals surface area contributed by atoms with E-state index in [1.807, 2.05) is 38.1 Å². The Morgan fingerprint density at radius 3 is 2.76 bits per heavy atom. The van der Waals surface area contributed by atoms with Crippen LogP contribution < -0.4 is 0 Å². The molecule has 3 nitrogen and oxygen atoms in total. The minimum absolute atomic E-state index is 0.215. The van der Waals surface area contributed by atoms with Gasteiger partial charge in [-0.15, -0.1) is 0 Å². The Bertz CT molecular complexity index is 562. The standard InChI is InChI=1S/C14H14N2O/c1-10-4-3-5-12(8-10)14(17)9-13-6-7-15-11(2)16-13/h3-9,17H,1-2H3. The molecule has 1 aromatic heterocycles. The molecule has 1 aromatic carbocycles. The lowest BCUT2D eigenvalue weighted by atomic mass is 10.1. The Kier molecular flexibility index (Phi) is 3.19. The van der Waals surface area contributed by atoms with Gasteiger partial charge in [0, 0.05) is 17.8 Å². The first kappa shape index (κ1) is 11.3. The van der Waals surface area contributed by atoms with E-state index >= 15 is 0 Å². The predicted octanol–water partition coefficient (Wildman–Crippen LogP) is 3.15. The zero-order valence-electron chi connectivity index (χ0n) is 9.88. The first-order chi connectivity index (χ1) is 8.15. The molecule has 0 atom stereocenters. The lowest BCUT2D eigenvalue weighted by Gasteiger charge is -2.02. The van der Waals surface area contributed by atoms with Gasteiger partial charge < -0.3 is 5.11 Å². The summed E-state index contributed by atoms with van der Waals surface area (Å²) in [6, 6.07) is 9.47. The molecule has 0 aliphatic heterocycles. The normalized spacial score (nSPS) is 11.5. The van der Waals surface area contributed by atoms with Crippen molar-refractivity contribution in [2.75, 3.05) is 0 Å². The van der Waals surface area contributed by atoms with E-state index in [4.69, 9.17) is 0 Å². The lowest BCUT2D eigenvalue weighted by molar-refractivity contribution is 0.515. The fourth-order valence-electron chi connectivity index (χ4n) is 1.58. The number of hydrogen-bond acceptors (Lipinski definition) is 3. The quantitative estimate of drug-likeness (QED) is 0.800. The van der Waals surface area contributed by atoms with E-state index in [1.54, 1.807) is 18.3 Å². The van der Waals surface area contributed by atoms with Crippen molar-refractivity contribution in [3.8, 4) is 0 Å². The van der Waals surface area contributed by atoms with Crippen LogP contribution in [0.25, 0.3) is 11.8 Å². The van der Waals surface area contributed by atoms with Crippen LogP contribution in [0, 0.1) is 13.8 Å². The Balaban J connectivity index is 2.34. The molecule has 0 aliphatic rings. The third-order valence-corrected chi connectivity index (χ3v) is 2.40. The van der Waals surface area contributed by atoms with Gasteiger partial charge in [0.1, 0.15) is 11.6 Å². The SMILES string of the molecule is Cc1cccc(C(O)=Cc2ccnc(C)n2)c1. The van der Waals surface area contributed by atoms with Gasteiger partial charge in [0.25, 0.3) is 0 Å². The molecule has 3 heteroatoms. The van der Waals surface area contributed by atoms with E-state index in [9.17, 15) is 5.11 Å². The summed E-state index contributed by atoms with van der Waals surface area (Å²) in [4.78, 5) is 8.23. The molecule has 86 valence electrons. The number of aliphatic hydroxyl groups is 1. The summed E-state index contributed by atoms with van der Waals surface area (Å²) in [6.07, 6.45) is 3.32. The van der Waals surface area contributed by atoms with Gasteiger partial charge >= 0.3 is 0 Å². The van der Waals surface area contributed by atoms with Crippen LogP contribution in [0.1, 0.15) is 22.6 Å². The van der Waals surface area contributed by atoms with Crippen molar-refractivity contribution in [2.45, 2.75) is 13.8 Å². The van der Waals surface area contributed by atoms with Crippen molar-refractivity contribution < 1.29 is 5.11 Å². The largest absolute Gasteiger partial charge is 0.507 e. The Morgan fingerprint density at radius 1 is 1.24 bits per heavy atom. The monoisotopic (exact) mass is 226 g/mol.